The van der Waals surface area contributed by atoms with E-state index in [9.17, 15) is 4.79 Å². The molecule has 0 aromatic carbocycles. The van der Waals surface area contributed by atoms with E-state index in [2.05, 4.69) is 22.5 Å². The first-order chi connectivity index (χ1) is 9.16. The number of carbonyl (C=O) groups excluding carboxylic acids is 1. The quantitative estimate of drug-likeness (QED) is 0.842. The van der Waals surface area contributed by atoms with E-state index in [0.717, 1.165) is 30.6 Å². The average Bonchev–Trinajstić information content (AvgIpc) is 2.46. The molecule has 0 saturated carbocycles. The highest BCUT2D eigenvalue weighted by Crippen LogP contribution is 2.18. The number of rotatable bonds is 4. The van der Waals surface area contributed by atoms with Gasteiger partial charge in [0.25, 0.3) is 0 Å². The van der Waals surface area contributed by atoms with Gasteiger partial charge in [-0.25, -0.2) is 4.98 Å². The molecule has 1 atom stereocenters. The second-order valence-corrected chi connectivity index (χ2v) is 5.12. The minimum Gasteiger partial charge on any atom is -0.363 e. The predicted molar refractivity (Wildman–Crippen MR) is 76.9 cm³/mol. The number of hydrogen-bond donors (Lipinski definition) is 1. The summed E-state index contributed by atoms with van der Waals surface area (Å²) in [6.07, 6.45) is 8.90. The summed E-state index contributed by atoms with van der Waals surface area (Å²) in [5, 5.41) is 2.99. The van der Waals surface area contributed by atoms with E-state index < -0.39 is 0 Å². The van der Waals surface area contributed by atoms with Crippen molar-refractivity contribution in [3.63, 3.8) is 0 Å². The van der Waals surface area contributed by atoms with Crippen molar-refractivity contribution < 1.29 is 4.79 Å². The molecule has 1 aromatic rings. The largest absolute Gasteiger partial charge is 0.363 e. The molecule has 1 aliphatic carbocycles. The van der Waals surface area contributed by atoms with Crippen molar-refractivity contribution in [2.24, 2.45) is 5.92 Å². The molecular weight excluding hydrogens is 238 g/mol. The lowest BCUT2D eigenvalue weighted by Gasteiger charge is -2.17. The second kappa shape index (κ2) is 6.36. The maximum atomic E-state index is 12.0. The predicted octanol–water partition coefficient (Wildman–Crippen LogP) is 2.12. The van der Waals surface area contributed by atoms with Crippen LogP contribution < -0.4 is 10.2 Å². The maximum absolute atomic E-state index is 12.0. The molecular formula is C15H21N3O. The lowest BCUT2D eigenvalue weighted by Crippen LogP contribution is -2.30. The fourth-order valence-corrected chi connectivity index (χ4v) is 2.15. The number of amides is 1. The van der Waals surface area contributed by atoms with Crippen LogP contribution in [0.1, 0.15) is 24.8 Å². The zero-order chi connectivity index (χ0) is 13.7. The van der Waals surface area contributed by atoms with Gasteiger partial charge in [-0.05, 0) is 30.9 Å². The van der Waals surface area contributed by atoms with Crippen LogP contribution in [0.25, 0.3) is 0 Å². The SMILES string of the molecule is CN(C)c1ccc(CNC(=O)[C@@H]2CC=CCC2)cn1. The van der Waals surface area contributed by atoms with Crippen LogP contribution in [-0.2, 0) is 11.3 Å². The summed E-state index contributed by atoms with van der Waals surface area (Å²) in [4.78, 5) is 18.3. The zero-order valence-corrected chi connectivity index (χ0v) is 11.6. The van der Waals surface area contributed by atoms with Gasteiger partial charge in [-0.1, -0.05) is 18.2 Å². The minimum absolute atomic E-state index is 0.138. The van der Waals surface area contributed by atoms with Gasteiger partial charge in [0, 0.05) is 32.8 Å². The van der Waals surface area contributed by atoms with Crippen LogP contribution in [0.15, 0.2) is 30.5 Å². The molecule has 0 saturated heterocycles. The Morgan fingerprint density at radius 2 is 2.26 bits per heavy atom. The summed E-state index contributed by atoms with van der Waals surface area (Å²) in [5.41, 5.74) is 1.03. The van der Waals surface area contributed by atoms with Crippen molar-refractivity contribution in [1.29, 1.82) is 0 Å². The molecule has 1 N–H and O–H groups in total. The van der Waals surface area contributed by atoms with Gasteiger partial charge in [-0.3, -0.25) is 4.79 Å². The topological polar surface area (TPSA) is 45.2 Å². The van der Waals surface area contributed by atoms with Gasteiger partial charge in [-0.2, -0.15) is 0 Å². The van der Waals surface area contributed by atoms with E-state index in [0.29, 0.717) is 6.54 Å². The van der Waals surface area contributed by atoms with Crippen molar-refractivity contribution in [3.8, 4) is 0 Å². The number of pyridine rings is 1. The molecule has 2 rings (SSSR count). The molecule has 0 aliphatic heterocycles. The average molecular weight is 259 g/mol. The number of nitrogens with zero attached hydrogens (tertiary/aromatic N) is 2. The van der Waals surface area contributed by atoms with E-state index in [1.165, 1.54) is 0 Å². The van der Waals surface area contributed by atoms with Crippen LogP contribution in [0.3, 0.4) is 0 Å². The Bertz CT molecular complexity index is 451. The Morgan fingerprint density at radius 3 is 2.84 bits per heavy atom. The van der Waals surface area contributed by atoms with Gasteiger partial charge < -0.3 is 10.2 Å². The zero-order valence-electron chi connectivity index (χ0n) is 11.6. The van der Waals surface area contributed by atoms with Crippen LogP contribution in [-0.4, -0.2) is 25.0 Å². The normalized spacial score (nSPS) is 18.1. The molecule has 0 fully saturated rings. The van der Waals surface area contributed by atoms with E-state index in [1.807, 2.05) is 37.3 Å². The van der Waals surface area contributed by atoms with Gasteiger partial charge in [0.05, 0.1) is 0 Å². The number of aromatic nitrogens is 1. The van der Waals surface area contributed by atoms with E-state index >= 15 is 0 Å². The van der Waals surface area contributed by atoms with Crippen molar-refractivity contribution in [2.45, 2.75) is 25.8 Å². The first-order valence-corrected chi connectivity index (χ1v) is 6.72. The summed E-state index contributed by atoms with van der Waals surface area (Å²) in [6.45, 7) is 0.555. The van der Waals surface area contributed by atoms with Crippen LogP contribution >= 0.6 is 0 Å². The number of carbonyl (C=O) groups is 1. The summed E-state index contributed by atoms with van der Waals surface area (Å²) in [6, 6.07) is 3.97. The summed E-state index contributed by atoms with van der Waals surface area (Å²) in [7, 11) is 3.92. The highest BCUT2D eigenvalue weighted by Gasteiger charge is 2.17. The molecule has 0 radical (unpaired) electrons. The van der Waals surface area contributed by atoms with Crippen molar-refractivity contribution in [2.75, 3.05) is 19.0 Å². The lowest BCUT2D eigenvalue weighted by molar-refractivity contribution is -0.125. The molecule has 19 heavy (non-hydrogen) atoms. The molecule has 1 aliphatic rings. The molecule has 1 aromatic heterocycles. The van der Waals surface area contributed by atoms with E-state index in [-0.39, 0.29) is 11.8 Å². The second-order valence-electron chi connectivity index (χ2n) is 5.12. The van der Waals surface area contributed by atoms with E-state index in [1.54, 1.807) is 0 Å². The Balaban J connectivity index is 1.84. The van der Waals surface area contributed by atoms with Crippen LogP contribution in [0, 0.1) is 5.92 Å². The van der Waals surface area contributed by atoms with Gasteiger partial charge in [0.1, 0.15) is 5.82 Å². The standard InChI is InChI=1S/C15H21N3O/c1-18(2)14-9-8-12(10-16-14)11-17-15(19)13-6-4-3-5-7-13/h3-4,8-10,13H,5-7,11H2,1-2H3,(H,17,19)/t13-/m1/s1. The summed E-state index contributed by atoms with van der Waals surface area (Å²) in [5.74, 6) is 1.22. The Hall–Kier alpha value is -1.84. The van der Waals surface area contributed by atoms with Crippen LogP contribution in [0.4, 0.5) is 5.82 Å². The smallest absolute Gasteiger partial charge is 0.223 e. The molecule has 4 nitrogen and oxygen atoms in total. The number of hydrogen-bond acceptors (Lipinski definition) is 3. The highest BCUT2D eigenvalue weighted by atomic mass is 16.1. The van der Waals surface area contributed by atoms with Crippen LogP contribution in [0.5, 0.6) is 0 Å². The fourth-order valence-electron chi connectivity index (χ4n) is 2.15. The fraction of sp³-hybridized carbons (Fsp3) is 0.467. The summed E-state index contributed by atoms with van der Waals surface area (Å²) >= 11 is 0. The highest BCUT2D eigenvalue weighted by molar-refractivity contribution is 5.78. The molecule has 102 valence electrons. The molecule has 1 heterocycles. The monoisotopic (exact) mass is 259 g/mol. The summed E-state index contributed by atoms with van der Waals surface area (Å²) < 4.78 is 0. The van der Waals surface area contributed by atoms with Gasteiger partial charge in [0.15, 0.2) is 0 Å². The molecule has 0 bridgehead atoms. The first-order valence-electron chi connectivity index (χ1n) is 6.72. The Kier molecular flexibility index (Phi) is 4.55. The first kappa shape index (κ1) is 13.6. The van der Waals surface area contributed by atoms with Crippen molar-refractivity contribution >= 4 is 11.7 Å². The van der Waals surface area contributed by atoms with Crippen molar-refractivity contribution in [1.82, 2.24) is 10.3 Å². The third kappa shape index (κ3) is 3.81. The van der Waals surface area contributed by atoms with Gasteiger partial charge >= 0.3 is 0 Å². The third-order valence-electron chi connectivity index (χ3n) is 3.37. The lowest BCUT2D eigenvalue weighted by atomic mass is 9.93. The van der Waals surface area contributed by atoms with E-state index in [4.69, 9.17) is 0 Å². The van der Waals surface area contributed by atoms with Crippen molar-refractivity contribution in [3.05, 3.63) is 36.0 Å². The third-order valence-corrected chi connectivity index (χ3v) is 3.37. The molecule has 0 spiro atoms. The van der Waals surface area contributed by atoms with Gasteiger partial charge in [0.2, 0.25) is 5.91 Å². The maximum Gasteiger partial charge on any atom is 0.223 e. The molecule has 1 amide bonds. The number of nitrogens with one attached hydrogen (secondary N) is 1. The Labute approximate surface area is 114 Å². The number of anilines is 1. The van der Waals surface area contributed by atoms with Gasteiger partial charge in [-0.15, -0.1) is 0 Å². The van der Waals surface area contributed by atoms with Crippen LogP contribution in [0.2, 0.25) is 0 Å². The Morgan fingerprint density at radius 1 is 1.42 bits per heavy atom. The molecule has 0 unspecified atom stereocenters. The number of allylic oxidation sites excluding steroid dienone is 2. The minimum atomic E-state index is 0.138. The molecule has 4 heteroatoms.